The van der Waals surface area contributed by atoms with E-state index in [0.29, 0.717) is 12.5 Å². The van der Waals surface area contributed by atoms with Gasteiger partial charge in [-0.05, 0) is 43.1 Å². The number of nitrogens with zero attached hydrogens (tertiary/aromatic N) is 1. The molecular formula is C21H26F3N3O5S2. The summed E-state index contributed by atoms with van der Waals surface area (Å²) in [5, 5.41) is 6.63. The topological polar surface area (TPSA) is 105 Å². The summed E-state index contributed by atoms with van der Waals surface area (Å²) in [4.78, 5) is 0. The van der Waals surface area contributed by atoms with Gasteiger partial charge in [0.15, 0.2) is 0 Å². The van der Waals surface area contributed by atoms with E-state index < -0.39 is 32.2 Å². The average molecular weight is 522 g/mol. The molecule has 1 aliphatic rings. The predicted molar refractivity (Wildman–Crippen MR) is 122 cm³/mol. The van der Waals surface area contributed by atoms with E-state index in [0.717, 1.165) is 43.1 Å². The summed E-state index contributed by atoms with van der Waals surface area (Å²) < 4.78 is 91.7. The van der Waals surface area contributed by atoms with Gasteiger partial charge in [0.1, 0.15) is 5.75 Å². The summed E-state index contributed by atoms with van der Waals surface area (Å²) in [5.74, 6) is -0.550. The van der Waals surface area contributed by atoms with Crippen LogP contribution in [0.5, 0.6) is 5.75 Å². The lowest BCUT2D eigenvalue weighted by Crippen LogP contribution is -2.45. The van der Waals surface area contributed by atoms with Gasteiger partial charge >= 0.3 is 6.36 Å². The van der Waals surface area contributed by atoms with Crippen LogP contribution in [-0.2, 0) is 26.6 Å². The number of hydrogen-bond donors (Lipinski definition) is 2. The van der Waals surface area contributed by atoms with Gasteiger partial charge in [0.05, 0.1) is 18.2 Å². The number of halogens is 3. The lowest BCUT2D eigenvalue weighted by atomic mass is 9.92. The van der Waals surface area contributed by atoms with Crippen LogP contribution in [0.15, 0.2) is 48.5 Å². The van der Waals surface area contributed by atoms with E-state index in [1.165, 1.54) is 0 Å². The summed E-state index contributed by atoms with van der Waals surface area (Å²) >= 11 is 0. The van der Waals surface area contributed by atoms with Gasteiger partial charge in [0.25, 0.3) is 0 Å². The minimum atomic E-state index is -4.98. The van der Waals surface area contributed by atoms with E-state index in [1.807, 2.05) is 30.3 Å². The Morgan fingerprint density at radius 1 is 1.06 bits per heavy atom. The van der Waals surface area contributed by atoms with E-state index in [9.17, 15) is 30.0 Å². The van der Waals surface area contributed by atoms with Crippen molar-refractivity contribution >= 4 is 25.7 Å². The maximum absolute atomic E-state index is 13.0. The summed E-state index contributed by atoms with van der Waals surface area (Å²) in [5.41, 5.74) is 0.669. The molecule has 0 bridgehead atoms. The standard InChI is InChI=1S/C21H26F3N3O5S2/c1-33(28,29)27(34(2,30)31)17-10-11-19(32-21(22,23)24)16(13-17)14-26-18-9-6-12-25-20(18)15-7-4-3-5-8-15/h3-5,7-8,10-11,13,18,20,25-26H,6,9,12,14H2,1-2H3. The first-order chi connectivity index (χ1) is 15.8. The summed E-state index contributed by atoms with van der Waals surface area (Å²) in [6.07, 6.45) is -1.99. The van der Waals surface area contributed by atoms with E-state index in [2.05, 4.69) is 15.4 Å². The fourth-order valence-corrected chi connectivity index (χ4v) is 6.99. The fraction of sp³-hybridized carbons (Fsp3) is 0.429. The second-order valence-corrected chi connectivity index (χ2v) is 11.9. The zero-order chi connectivity index (χ0) is 25.1. The Labute approximate surface area is 197 Å². The number of anilines is 1. The van der Waals surface area contributed by atoms with Gasteiger partial charge in [-0.2, -0.15) is 3.71 Å². The van der Waals surface area contributed by atoms with Crippen LogP contribution in [0.4, 0.5) is 18.9 Å². The number of piperidine rings is 1. The van der Waals surface area contributed by atoms with Crippen molar-refractivity contribution in [3.05, 3.63) is 59.7 Å². The van der Waals surface area contributed by atoms with Crippen molar-refractivity contribution in [2.75, 3.05) is 22.8 Å². The van der Waals surface area contributed by atoms with Crippen LogP contribution in [-0.4, -0.2) is 48.3 Å². The molecule has 0 saturated carbocycles. The SMILES string of the molecule is CS(=O)(=O)N(c1ccc(OC(F)(F)F)c(CNC2CCCNC2c2ccccc2)c1)S(C)(=O)=O. The van der Waals surface area contributed by atoms with Crippen molar-refractivity contribution < 1.29 is 34.7 Å². The Kier molecular flexibility index (Phi) is 7.80. The molecule has 0 amide bonds. The molecular weight excluding hydrogens is 495 g/mol. The van der Waals surface area contributed by atoms with Crippen molar-refractivity contribution in [2.24, 2.45) is 0 Å². The molecule has 2 unspecified atom stereocenters. The molecule has 0 radical (unpaired) electrons. The highest BCUT2D eigenvalue weighted by Crippen LogP contribution is 2.32. The molecule has 34 heavy (non-hydrogen) atoms. The first-order valence-electron chi connectivity index (χ1n) is 10.4. The molecule has 2 aromatic carbocycles. The largest absolute Gasteiger partial charge is 0.573 e. The number of alkyl halides is 3. The summed E-state index contributed by atoms with van der Waals surface area (Å²) in [6.45, 7) is 0.670. The molecule has 0 spiro atoms. The maximum Gasteiger partial charge on any atom is 0.573 e. The molecule has 1 aliphatic heterocycles. The summed E-state index contributed by atoms with van der Waals surface area (Å²) in [7, 11) is -8.54. The van der Waals surface area contributed by atoms with Crippen LogP contribution >= 0.6 is 0 Å². The van der Waals surface area contributed by atoms with E-state index in [1.54, 1.807) is 0 Å². The lowest BCUT2D eigenvalue weighted by Gasteiger charge is -2.34. The number of nitrogens with one attached hydrogen (secondary N) is 2. The highest BCUT2D eigenvalue weighted by molar-refractivity contribution is 8.09. The third-order valence-corrected chi connectivity index (χ3v) is 8.51. The van der Waals surface area contributed by atoms with Crippen LogP contribution in [0.2, 0.25) is 0 Å². The number of ether oxygens (including phenoxy) is 1. The van der Waals surface area contributed by atoms with Crippen molar-refractivity contribution in [3.63, 3.8) is 0 Å². The molecule has 3 rings (SSSR count). The molecule has 188 valence electrons. The van der Waals surface area contributed by atoms with E-state index in [-0.39, 0.29) is 33.6 Å². The molecule has 0 aliphatic carbocycles. The van der Waals surface area contributed by atoms with Crippen molar-refractivity contribution in [1.82, 2.24) is 10.6 Å². The number of hydrogen-bond acceptors (Lipinski definition) is 7. The zero-order valence-corrected chi connectivity index (χ0v) is 20.2. The van der Waals surface area contributed by atoms with Gasteiger partial charge in [0.2, 0.25) is 20.0 Å². The Morgan fingerprint density at radius 3 is 2.29 bits per heavy atom. The molecule has 1 heterocycles. The average Bonchev–Trinajstić information content (AvgIpc) is 2.71. The molecule has 8 nitrogen and oxygen atoms in total. The Hall–Kier alpha value is -2.35. The molecule has 2 atom stereocenters. The second-order valence-electron chi connectivity index (χ2n) is 8.04. The fourth-order valence-electron chi connectivity index (χ4n) is 4.03. The van der Waals surface area contributed by atoms with Gasteiger partial charge in [-0.1, -0.05) is 30.3 Å². The predicted octanol–water partition coefficient (Wildman–Crippen LogP) is 2.89. The zero-order valence-electron chi connectivity index (χ0n) is 18.5. The van der Waals surface area contributed by atoms with Gasteiger partial charge in [-0.3, -0.25) is 0 Å². The van der Waals surface area contributed by atoms with Crippen LogP contribution in [0.25, 0.3) is 0 Å². The quantitative estimate of drug-likeness (QED) is 0.551. The van der Waals surface area contributed by atoms with Gasteiger partial charge in [-0.15, -0.1) is 13.2 Å². The Morgan fingerprint density at radius 2 is 1.71 bits per heavy atom. The van der Waals surface area contributed by atoms with E-state index in [4.69, 9.17) is 0 Å². The smallest absolute Gasteiger partial charge is 0.405 e. The van der Waals surface area contributed by atoms with Crippen LogP contribution in [0, 0.1) is 0 Å². The van der Waals surface area contributed by atoms with Crippen molar-refractivity contribution in [2.45, 2.75) is 37.8 Å². The Bertz CT molecular complexity index is 1170. The minimum Gasteiger partial charge on any atom is -0.405 e. The monoisotopic (exact) mass is 521 g/mol. The lowest BCUT2D eigenvalue weighted by molar-refractivity contribution is -0.274. The van der Waals surface area contributed by atoms with Crippen molar-refractivity contribution in [1.29, 1.82) is 0 Å². The van der Waals surface area contributed by atoms with Gasteiger partial charge < -0.3 is 15.4 Å². The van der Waals surface area contributed by atoms with Crippen LogP contribution in [0.3, 0.4) is 0 Å². The second kappa shape index (κ2) is 10.1. The molecule has 2 N–H and O–H groups in total. The number of sulfonamides is 2. The van der Waals surface area contributed by atoms with Gasteiger partial charge in [-0.25, -0.2) is 16.8 Å². The first-order valence-corrected chi connectivity index (χ1v) is 14.1. The van der Waals surface area contributed by atoms with Gasteiger partial charge in [0, 0.05) is 24.2 Å². The number of rotatable bonds is 8. The first kappa shape index (κ1) is 26.3. The van der Waals surface area contributed by atoms with Crippen LogP contribution in [0.1, 0.15) is 30.0 Å². The maximum atomic E-state index is 13.0. The normalized spacial score (nSPS) is 19.6. The highest BCUT2D eigenvalue weighted by Gasteiger charge is 2.34. The van der Waals surface area contributed by atoms with Crippen molar-refractivity contribution in [3.8, 4) is 5.75 Å². The molecule has 1 fully saturated rings. The molecule has 0 aromatic heterocycles. The number of benzene rings is 2. The molecule has 13 heteroatoms. The van der Waals surface area contributed by atoms with E-state index >= 15 is 0 Å². The molecule has 2 aromatic rings. The minimum absolute atomic E-state index is 0.0375. The van der Waals surface area contributed by atoms with Crippen LogP contribution < -0.4 is 19.1 Å². The summed E-state index contributed by atoms with van der Waals surface area (Å²) in [6, 6.07) is 12.3. The highest BCUT2D eigenvalue weighted by atomic mass is 32.3. The third-order valence-electron chi connectivity index (χ3n) is 5.25. The Balaban J connectivity index is 1.95. The third kappa shape index (κ3) is 6.84. The molecule has 1 saturated heterocycles.